The average Bonchev–Trinajstić information content (AvgIpc) is 2.14. The third-order valence-corrected chi connectivity index (χ3v) is 3.07. The highest BCUT2D eigenvalue weighted by Crippen LogP contribution is 2.39. The smallest absolute Gasteiger partial charge is 0.0427 e. The van der Waals surface area contributed by atoms with Crippen molar-refractivity contribution >= 4 is 0 Å². The van der Waals surface area contributed by atoms with Crippen molar-refractivity contribution in [2.75, 3.05) is 0 Å². The minimum absolute atomic E-state index is 0.0559. The first-order valence-electron chi connectivity index (χ1n) is 4.98. The van der Waals surface area contributed by atoms with E-state index in [9.17, 15) is 0 Å². The molecule has 13 heavy (non-hydrogen) atoms. The summed E-state index contributed by atoms with van der Waals surface area (Å²) in [6.07, 6.45) is 8.34. The van der Waals surface area contributed by atoms with Crippen molar-refractivity contribution < 1.29 is 0 Å². The number of nitrogens with zero attached hydrogens (tertiary/aromatic N) is 1. The fourth-order valence-electron chi connectivity index (χ4n) is 2.01. The Morgan fingerprint density at radius 2 is 2.31 bits per heavy atom. The van der Waals surface area contributed by atoms with Crippen LogP contribution >= 0.6 is 0 Å². The monoisotopic (exact) mass is 176 g/mol. The van der Waals surface area contributed by atoms with E-state index in [0.717, 1.165) is 19.3 Å². The van der Waals surface area contributed by atoms with E-state index in [-0.39, 0.29) is 5.54 Å². The highest BCUT2D eigenvalue weighted by molar-refractivity contribution is 5.32. The Labute approximate surface area is 79.2 Å². The number of rotatable bonds is 2. The first kappa shape index (κ1) is 8.70. The molecule has 1 aromatic heterocycles. The number of aryl methyl sites for hydroxylation is 1. The van der Waals surface area contributed by atoms with Gasteiger partial charge in [0, 0.05) is 17.9 Å². The molecule has 0 aliphatic heterocycles. The second-order valence-electron chi connectivity index (χ2n) is 3.90. The van der Waals surface area contributed by atoms with Gasteiger partial charge in [-0.25, -0.2) is 0 Å². The third-order valence-electron chi connectivity index (χ3n) is 3.07. The van der Waals surface area contributed by atoms with Gasteiger partial charge in [-0.3, -0.25) is 4.98 Å². The summed E-state index contributed by atoms with van der Waals surface area (Å²) in [6, 6.07) is 2.09. The summed E-state index contributed by atoms with van der Waals surface area (Å²) in [4.78, 5) is 4.16. The molecule has 0 radical (unpaired) electrons. The lowest BCUT2D eigenvalue weighted by atomic mass is 9.71. The van der Waals surface area contributed by atoms with Crippen LogP contribution in [-0.4, -0.2) is 4.98 Å². The predicted octanol–water partition coefficient (Wildman–Crippen LogP) is 1.98. The van der Waals surface area contributed by atoms with Crippen LogP contribution in [0, 0.1) is 0 Å². The minimum atomic E-state index is -0.0559. The van der Waals surface area contributed by atoms with Crippen molar-refractivity contribution in [3.63, 3.8) is 0 Å². The summed E-state index contributed by atoms with van der Waals surface area (Å²) in [5.41, 5.74) is 8.83. The van der Waals surface area contributed by atoms with Gasteiger partial charge in [0.25, 0.3) is 0 Å². The van der Waals surface area contributed by atoms with Crippen molar-refractivity contribution in [3.8, 4) is 0 Å². The number of hydrogen-bond acceptors (Lipinski definition) is 2. The predicted molar refractivity (Wildman–Crippen MR) is 53.3 cm³/mol. The Morgan fingerprint density at radius 3 is 2.85 bits per heavy atom. The fourth-order valence-corrected chi connectivity index (χ4v) is 2.01. The van der Waals surface area contributed by atoms with Crippen LogP contribution in [0.4, 0.5) is 0 Å². The standard InChI is InChI=1S/C11H16N2/c1-2-9-4-7-13-8-10(9)11(12)5-3-6-11/h4,7-8H,2-3,5-6,12H2,1H3. The molecule has 1 aromatic rings. The highest BCUT2D eigenvalue weighted by atomic mass is 14.8. The van der Waals surface area contributed by atoms with Crippen molar-refractivity contribution in [2.45, 2.75) is 38.1 Å². The van der Waals surface area contributed by atoms with Crippen molar-refractivity contribution in [2.24, 2.45) is 5.73 Å². The summed E-state index contributed by atoms with van der Waals surface area (Å²) in [7, 11) is 0. The molecule has 70 valence electrons. The van der Waals surface area contributed by atoms with Gasteiger partial charge < -0.3 is 5.73 Å². The van der Waals surface area contributed by atoms with E-state index in [1.165, 1.54) is 17.5 Å². The maximum absolute atomic E-state index is 6.26. The van der Waals surface area contributed by atoms with E-state index in [1.54, 1.807) is 0 Å². The van der Waals surface area contributed by atoms with Gasteiger partial charge in [0.1, 0.15) is 0 Å². The Hall–Kier alpha value is -0.890. The molecule has 2 rings (SSSR count). The van der Waals surface area contributed by atoms with E-state index in [4.69, 9.17) is 5.73 Å². The molecule has 2 heteroatoms. The van der Waals surface area contributed by atoms with Gasteiger partial charge >= 0.3 is 0 Å². The zero-order valence-corrected chi connectivity index (χ0v) is 8.09. The SMILES string of the molecule is CCc1ccncc1C1(N)CCC1. The Balaban J connectivity index is 2.38. The number of hydrogen-bond donors (Lipinski definition) is 1. The van der Waals surface area contributed by atoms with Crippen LogP contribution in [0.5, 0.6) is 0 Å². The van der Waals surface area contributed by atoms with Gasteiger partial charge in [-0.2, -0.15) is 0 Å². The molecule has 0 spiro atoms. The van der Waals surface area contributed by atoms with Crippen LogP contribution in [0.2, 0.25) is 0 Å². The van der Waals surface area contributed by atoms with E-state index in [1.807, 2.05) is 12.4 Å². The second kappa shape index (κ2) is 3.11. The van der Waals surface area contributed by atoms with E-state index in [0.29, 0.717) is 0 Å². The summed E-state index contributed by atoms with van der Waals surface area (Å²) in [6.45, 7) is 2.17. The van der Waals surface area contributed by atoms with Gasteiger partial charge in [0.2, 0.25) is 0 Å². The molecular formula is C11H16N2. The summed E-state index contributed by atoms with van der Waals surface area (Å²) in [5.74, 6) is 0. The first-order chi connectivity index (χ1) is 6.26. The largest absolute Gasteiger partial charge is 0.321 e. The molecule has 2 N–H and O–H groups in total. The Bertz CT molecular complexity index is 303. The van der Waals surface area contributed by atoms with Crippen molar-refractivity contribution in [3.05, 3.63) is 29.6 Å². The van der Waals surface area contributed by atoms with Crippen LogP contribution in [0.1, 0.15) is 37.3 Å². The molecule has 1 saturated carbocycles. The fraction of sp³-hybridized carbons (Fsp3) is 0.545. The van der Waals surface area contributed by atoms with Gasteiger partial charge in [0.15, 0.2) is 0 Å². The van der Waals surface area contributed by atoms with Gasteiger partial charge in [-0.15, -0.1) is 0 Å². The third kappa shape index (κ3) is 1.35. The van der Waals surface area contributed by atoms with E-state index in [2.05, 4.69) is 18.0 Å². The number of pyridine rings is 1. The van der Waals surface area contributed by atoms with Crippen LogP contribution < -0.4 is 5.73 Å². The van der Waals surface area contributed by atoms with Crippen LogP contribution in [0.25, 0.3) is 0 Å². The maximum atomic E-state index is 6.26. The van der Waals surface area contributed by atoms with E-state index >= 15 is 0 Å². The highest BCUT2D eigenvalue weighted by Gasteiger charge is 2.35. The summed E-state index contributed by atoms with van der Waals surface area (Å²) in [5, 5.41) is 0. The summed E-state index contributed by atoms with van der Waals surface area (Å²) >= 11 is 0. The molecule has 0 unspecified atom stereocenters. The van der Waals surface area contributed by atoms with Crippen LogP contribution in [0.3, 0.4) is 0 Å². The quantitative estimate of drug-likeness (QED) is 0.748. The zero-order valence-electron chi connectivity index (χ0n) is 8.09. The molecule has 1 fully saturated rings. The topological polar surface area (TPSA) is 38.9 Å². The lowest BCUT2D eigenvalue weighted by Crippen LogP contribution is -2.44. The zero-order chi connectivity index (χ0) is 9.31. The van der Waals surface area contributed by atoms with Crippen molar-refractivity contribution in [1.82, 2.24) is 4.98 Å². The van der Waals surface area contributed by atoms with Crippen LogP contribution in [0.15, 0.2) is 18.5 Å². The molecule has 0 bridgehead atoms. The second-order valence-corrected chi connectivity index (χ2v) is 3.90. The summed E-state index contributed by atoms with van der Waals surface area (Å²) < 4.78 is 0. The minimum Gasteiger partial charge on any atom is -0.321 e. The molecule has 0 amide bonds. The molecular weight excluding hydrogens is 160 g/mol. The molecule has 1 aliphatic rings. The molecule has 0 atom stereocenters. The lowest BCUT2D eigenvalue weighted by molar-refractivity contribution is 0.251. The van der Waals surface area contributed by atoms with Gasteiger partial charge in [0.05, 0.1) is 0 Å². The maximum Gasteiger partial charge on any atom is 0.0427 e. The first-order valence-corrected chi connectivity index (χ1v) is 4.98. The van der Waals surface area contributed by atoms with Crippen molar-refractivity contribution in [1.29, 1.82) is 0 Å². The Morgan fingerprint density at radius 1 is 1.54 bits per heavy atom. The Kier molecular flexibility index (Phi) is 2.08. The number of nitrogens with two attached hydrogens (primary N) is 1. The van der Waals surface area contributed by atoms with E-state index < -0.39 is 0 Å². The molecule has 0 aromatic carbocycles. The lowest BCUT2D eigenvalue weighted by Gasteiger charge is -2.39. The van der Waals surface area contributed by atoms with Gasteiger partial charge in [-0.1, -0.05) is 6.92 Å². The molecule has 2 nitrogen and oxygen atoms in total. The average molecular weight is 176 g/mol. The number of aromatic nitrogens is 1. The van der Waals surface area contributed by atoms with Crippen LogP contribution in [-0.2, 0) is 12.0 Å². The normalized spacial score (nSPS) is 19.5. The molecule has 0 saturated heterocycles. The van der Waals surface area contributed by atoms with Gasteiger partial charge in [-0.05, 0) is 42.9 Å². The molecule has 1 aliphatic carbocycles. The molecule has 1 heterocycles.